The lowest BCUT2D eigenvalue weighted by atomic mass is 10.2. The first-order valence-corrected chi connectivity index (χ1v) is 8.04. The van der Waals surface area contributed by atoms with E-state index in [2.05, 4.69) is 58.3 Å². The molecule has 0 aliphatic carbocycles. The first-order chi connectivity index (χ1) is 11.0. The number of aromatic nitrogens is 4. The molecule has 2 aromatic heterocycles. The zero-order chi connectivity index (χ0) is 16.8. The Bertz CT molecular complexity index is 598. The van der Waals surface area contributed by atoms with Crippen molar-refractivity contribution in [3.63, 3.8) is 0 Å². The molecule has 0 aliphatic heterocycles. The topological polar surface area (TPSA) is 70.9 Å². The molecule has 0 amide bonds. The molecule has 2 aromatic rings. The normalized spacial score (nSPS) is 11.5. The summed E-state index contributed by atoms with van der Waals surface area (Å²) in [7, 11) is 1.88. The molecular formula is C16H27N7. The molecule has 0 atom stereocenters. The van der Waals surface area contributed by atoms with Gasteiger partial charge in [-0.3, -0.25) is 9.58 Å². The minimum Gasteiger partial charge on any atom is -0.369 e. The molecule has 0 aliphatic rings. The Hall–Kier alpha value is -2.15. The van der Waals surface area contributed by atoms with E-state index in [0.717, 1.165) is 30.5 Å². The molecule has 2 rings (SSSR count). The lowest BCUT2D eigenvalue weighted by Gasteiger charge is -2.30. The van der Waals surface area contributed by atoms with Crippen LogP contribution in [0.2, 0.25) is 0 Å². The molecule has 7 heteroatoms. The van der Waals surface area contributed by atoms with Crippen LogP contribution in [0.15, 0.2) is 24.7 Å². The van der Waals surface area contributed by atoms with Gasteiger partial charge in [0.15, 0.2) is 0 Å². The first kappa shape index (κ1) is 17.2. The lowest BCUT2D eigenvalue weighted by molar-refractivity contribution is 0.182. The zero-order valence-corrected chi connectivity index (χ0v) is 14.6. The van der Waals surface area contributed by atoms with E-state index in [4.69, 9.17) is 0 Å². The summed E-state index contributed by atoms with van der Waals surface area (Å²) >= 11 is 0. The summed E-state index contributed by atoms with van der Waals surface area (Å²) in [5.74, 6) is 2.45. The van der Waals surface area contributed by atoms with Gasteiger partial charge >= 0.3 is 0 Å². The van der Waals surface area contributed by atoms with Gasteiger partial charge in [-0.25, -0.2) is 9.97 Å². The molecule has 126 valence electrons. The highest BCUT2D eigenvalue weighted by molar-refractivity contribution is 5.55. The minimum absolute atomic E-state index is 0.532. The van der Waals surface area contributed by atoms with Gasteiger partial charge in [-0.1, -0.05) is 0 Å². The van der Waals surface area contributed by atoms with Gasteiger partial charge in [-0.2, -0.15) is 5.10 Å². The number of nitrogens with zero attached hydrogens (tertiary/aromatic N) is 5. The van der Waals surface area contributed by atoms with Crippen LogP contribution in [0.3, 0.4) is 0 Å². The SMILES string of the molecule is CC(C)N(CCNc1cc(Nc2ccnn2C)ncn1)C(C)C. The average molecular weight is 317 g/mol. The molecule has 2 N–H and O–H groups in total. The largest absolute Gasteiger partial charge is 0.369 e. The highest BCUT2D eigenvalue weighted by atomic mass is 15.3. The smallest absolute Gasteiger partial charge is 0.137 e. The lowest BCUT2D eigenvalue weighted by Crippen LogP contribution is -2.40. The molecular weight excluding hydrogens is 290 g/mol. The fourth-order valence-electron chi connectivity index (χ4n) is 2.58. The van der Waals surface area contributed by atoms with Crippen LogP contribution in [-0.4, -0.2) is 49.8 Å². The highest BCUT2D eigenvalue weighted by Gasteiger charge is 2.12. The second-order valence-corrected chi connectivity index (χ2v) is 6.11. The standard InChI is InChI=1S/C16H27N7/c1-12(2)23(13(3)4)9-8-17-14-10-15(19-11-18-14)21-16-6-7-20-22(16)5/h6-7,10-13H,8-9H2,1-5H3,(H2,17,18,19,21). The van der Waals surface area contributed by atoms with E-state index in [1.807, 2.05) is 19.2 Å². The van der Waals surface area contributed by atoms with Crippen molar-refractivity contribution in [3.05, 3.63) is 24.7 Å². The van der Waals surface area contributed by atoms with Gasteiger partial charge in [0.05, 0.1) is 6.20 Å². The molecule has 0 saturated carbocycles. The summed E-state index contributed by atoms with van der Waals surface area (Å²) < 4.78 is 1.76. The van der Waals surface area contributed by atoms with Gasteiger partial charge in [0.2, 0.25) is 0 Å². The van der Waals surface area contributed by atoms with Crippen molar-refractivity contribution in [1.29, 1.82) is 0 Å². The monoisotopic (exact) mass is 317 g/mol. The van der Waals surface area contributed by atoms with Gasteiger partial charge < -0.3 is 10.6 Å². The van der Waals surface area contributed by atoms with Crippen LogP contribution in [0, 0.1) is 0 Å². The van der Waals surface area contributed by atoms with Crippen LogP contribution >= 0.6 is 0 Å². The molecule has 0 spiro atoms. The molecule has 0 radical (unpaired) electrons. The van der Waals surface area contributed by atoms with Crippen LogP contribution in [0.1, 0.15) is 27.7 Å². The number of nitrogens with one attached hydrogen (secondary N) is 2. The van der Waals surface area contributed by atoms with E-state index in [-0.39, 0.29) is 0 Å². The van der Waals surface area contributed by atoms with Crippen molar-refractivity contribution in [2.24, 2.45) is 7.05 Å². The minimum atomic E-state index is 0.532. The molecule has 0 saturated heterocycles. The molecule has 0 fully saturated rings. The quantitative estimate of drug-likeness (QED) is 0.779. The number of anilines is 3. The van der Waals surface area contributed by atoms with E-state index in [0.29, 0.717) is 12.1 Å². The van der Waals surface area contributed by atoms with Crippen LogP contribution in [0.25, 0.3) is 0 Å². The van der Waals surface area contributed by atoms with Crippen molar-refractivity contribution >= 4 is 17.5 Å². The summed E-state index contributed by atoms with van der Waals surface area (Å²) in [6.07, 6.45) is 3.30. The fourth-order valence-corrected chi connectivity index (χ4v) is 2.58. The Kier molecular flexibility index (Phi) is 5.92. The van der Waals surface area contributed by atoms with E-state index < -0.39 is 0 Å². The van der Waals surface area contributed by atoms with E-state index in [1.54, 1.807) is 17.2 Å². The van der Waals surface area contributed by atoms with Gasteiger partial charge in [0, 0.05) is 44.4 Å². The molecule has 7 nitrogen and oxygen atoms in total. The van der Waals surface area contributed by atoms with E-state index in [1.165, 1.54) is 0 Å². The summed E-state index contributed by atoms with van der Waals surface area (Å²) in [6, 6.07) is 4.87. The van der Waals surface area contributed by atoms with Gasteiger partial charge in [0.25, 0.3) is 0 Å². The van der Waals surface area contributed by atoms with Crippen LogP contribution in [0.4, 0.5) is 17.5 Å². The molecule has 0 aromatic carbocycles. The van der Waals surface area contributed by atoms with Crippen molar-refractivity contribution in [2.45, 2.75) is 39.8 Å². The Morgan fingerprint density at radius 1 is 1.13 bits per heavy atom. The third-order valence-electron chi connectivity index (χ3n) is 3.75. The Morgan fingerprint density at radius 3 is 2.43 bits per heavy atom. The van der Waals surface area contributed by atoms with Crippen LogP contribution in [-0.2, 0) is 7.05 Å². The zero-order valence-electron chi connectivity index (χ0n) is 14.6. The number of rotatable bonds is 8. The predicted octanol–water partition coefficient (Wildman–Crippen LogP) is 2.48. The maximum absolute atomic E-state index is 4.27. The maximum atomic E-state index is 4.27. The summed E-state index contributed by atoms with van der Waals surface area (Å²) in [6.45, 7) is 10.7. The summed E-state index contributed by atoms with van der Waals surface area (Å²) in [5, 5.41) is 10.7. The molecule has 0 unspecified atom stereocenters. The third-order valence-corrected chi connectivity index (χ3v) is 3.75. The van der Waals surface area contributed by atoms with Crippen LogP contribution in [0.5, 0.6) is 0 Å². The highest BCUT2D eigenvalue weighted by Crippen LogP contribution is 2.15. The van der Waals surface area contributed by atoms with Crippen molar-refractivity contribution < 1.29 is 0 Å². The number of hydrogen-bond acceptors (Lipinski definition) is 6. The van der Waals surface area contributed by atoms with Crippen molar-refractivity contribution in [3.8, 4) is 0 Å². The van der Waals surface area contributed by atoms with E-state index in [9.17, 15) is 0 Å². The predicted molar refractivity (Wildman–Crippen MR) is 94.0 cm³/mol. The maximum Gasteiger partial charge on any atom is 0.137 e. The van der Waals surface area contributed by atoms with Gasteiger partial charge in [-0.15, -0.1) is 0 Å². The third kappa shape index (κ3) is 4.92. The number of aryl methyl sites for hydroxylation is 1. The second kappa shape index (κ2) is 7.92. The Balaban J connectivity index is 1.91. The fraction of sp³-hybridized carbons (Fsp3) is 0.562. The first-order valence-electron chi connectivity index (χ1n) is 8.04. The summed E-state index contributed by atoms with van der Waals surface area (Å²) in [4.78, 5) is 11.0. The van der Waals surface area contributed by atoms with Crippen molar-refractivity contribution in [1.82, 2.24) is 24.6 Å². The summed E-state index contributed by atoms with van der Waals surface area (Å²) in [5.41, 5.74) is 0. The molecule has 0 bridgehead atoms. The second-order valence-electron chi connectivity index (χ2n) is 6.11. The Labute approximate surface area is 138 Å². The van der Waals surface area contributed by atoms with Gasteiger partial charge in [0.1, 0.15) is 23.8 Å². The van der Waals surface area contributed by atoms with Crippen molar-refractivity contribution in [2.75, 3.05) is 23.7 Å². The number of hydrogen-bond donors (Lipinski definition) is 2. The van der Waals surface area contributed by atoms with Crippen LogP contribution < -0.4 is 10.6 Å². The van der Waals surface area contributed by atoms with E-state index >= 15 is 0 Å². The Morgan fingerprint density at radius 2 is 1.83 bits per heavy atom. The molecule has 23 heavy (non-hydrogen) atoms. The molecule has 2 heterocycles. The van der Waals surface area contributed by atoms with Gasteiger partial charge in [-0.05, 0) is 27.7 Å². The average Bonchev–Trinajstić information content (AvgIpc) is 2.88.